The lowest BCUT2D eigenvalue weighted by Crippen LogP contribution is -2.25. The topological polar surface area (TPSA) is 52.6 Å². The summed E-state index contributed by atoms with van der Waals surface area (Å²) in [6.07, 6.45) is 0. The Labute approximate surface area is 129 Å². The summed E-state index contributed by atoms with van der Waals surface area (Å²) in [5.74, 6) is 0.0962. The standard InChI is InChI=1S/C18H18O4/c1-18(2,3)17(20)22-15-11-9-13(10-12-15)16(19)21-14-7-5-4-6-8-14/h4-12H,1-3H3. The maximum atomic E-state index is 12.0. The average Bonchev–Trinajstić information content (AvgIpc) is 2.48. The van der Waals surface area contributed by atoms with Gasteiger partial charge in [0, 0.05) is 0 Å². The minimum atomic E-state index is -0.578. The first-order valence-corrected chi connectivity index (χ1v) is 6.96. The van der Waals surface area contributed by atoms with Gasteiger partial charge in [-0.3, -0.25) is 4.79 Å². The number of benzene rings is 2. The van der Waals surface area contributed by atoms with Crippen molar-refractivity contribution < 1.29 is 19.1 Å². The van der Waals surface area contributed by atoms with E-state index >= 15 is 0 Å². The van der Waals surface area contributed by atoms with Crippen LogP contribution in [0.3, 0.4) is 0 Å². The molecule has 4 heteroatoms. The minimum Gasteiger partial charge on any atom is -0.426 e. The third-order valence-electron chi connectivity index (χ3n) is 2.87. The second kappa shape index (κ2) is 6.43. The molecule has 0 amide bonds. The first-order valence-electron chi connectivity index (χ1n) is 6.96. The Balaban J connectivity index is 2.03. The Morgan fingerprint density at radius 1 is 0.773 bits per heavy atom. The smallest absolute Gasteiger partial charge is 0.343 e. The molecule has 0 fully saturated rings. The van der Waals surface area contributed by atoms with E-state index in [1.165, 1.54) is 0 Å². The van der Waals surface area contributed by atoms with Crippen LogP contribution in [0.2, 0.25) is 0 Å². The quantitative estimate of drug-likeness (QED) is 0.638. The second-order valence-electron chi connectivity index (χ2n) is 5.87. The average molecular weight is 298 g/mol. The van der Waals surface area contributed by atoms with Crippen molar-refractivity contribution >= 4 is 11.9 Å². The lowest BCUT2D eigenvalue weighted by molar-refractivity contribution is -0.142. The highest BCUT2D eigenvalue weighted by molar-refractivity contribution is 5.91. The van der Waals surface area contributed by atoms with E-state index in [0.29, 0.717) is 17.1 Å². The van der Waals surface area contributed by atoms with Gasteiger partial charge in [-0.2, -0.15) is 0 Å². The summed E-state index contributed by atoms with van der Waals surface area (Å²) in [6.45, 7) is 5.34. The predicted octanol–water partition coefficient (Wildman–Crippen LogP) is 3.86. The van der Waals surface area contributed by atoms with Crippen LogP contribution in [0.4, 0.5) is 0 Å². The molecular weight excluding hydrogens is 280 g/mol. The second-order valence-corrected chi connectivity index (χ2v) is 5.87. The van der Waals surface area contributed by atoms with Gasteiger partial charge in [0.25, 0.3) is 0 Å². The lowest BCUT2D eigenvalue weighted by atomic mass is 9.97. The molecule has 22 heavy (non-hydrogen) atoms. The van der Waals surface area contributed by atoms with Crippen LogP contribution in [0, 0.1) is 5.41 Å². The van der Waals surface area contributed by atoms with Crippen LogP contribution in [0.15, 0.2) is 54.6 Å². The third-order valence-corrected chi connectivity index (χ3v) is 2.87. The summed E-state index contributed by atoms with van der Waals surface area (Å²) >= 11 is 0. The van der Waals surface area contributed by atoms with Gasteiger partial charge < -0.3 is 9.47 Å². The van der Waals surface area contributed by atoms with Gasteiger partial charge in [-0.05, 0) is 57.2 Å². The van der Waals surface area contributed by atoms with Gasteiger partial charge in [0.05, 0.1) is 11.0 Å². The highest BCUT2D eigenvalue weighted by Gasteiger charge is 2.23. The Morgan fingerprint density at radius 2 is 1.32 bits per heavy atom. The van der Waals surface area contributed by atoms with E-state index in [1.807, 2.05) is 6.07 Å². The SMILES string of the molecule is CC(C)(C)C(=O)Oc1ccc(C(=O)Oc2ccccc2)cc1. The summed E-state index contributed by atoms with van der Waals surface area (Å²) in [5, 5.41) is 0. The van der Waals surface area contributed by atoms with Crippen molar-refractivity contribution in [2.45, 2.75) is 20.8 Å². The summed E-state index contributed by atoms with van der Waals surface area (Å²) < 4.78 is 10.5. The number of hydrogen-bond acceptors (Lipinski definition) is 4. The van der Waals surface area contributed by atoms with E-state index in [9.17, 15) is 9.59 Å². The van der Waals surface area contributed by atoms with E-state index in [0.717, 1.165) is 0 Å². The monoisotopic (exact) mass is 298 g/mol. The normalized spacial score (nSPS) is 10.9. The van der Waals surface area contributed by atoms with E-state index in [4.69, 9.17) is 9.47 Å². The summed E-state index contributed by atoms with van der Waals surface area (Å²) in [5.41, 5.74) is -0.190. The maximum Gasteiger partial charge on any atom is 0.343 e. The van der Waals surface area contributed by atoms with E-state index in [-0.39, 0.29) is 5.97 Å². The molecule has 0 saturated heterocycles. The molecule has 0 bridgehead atoms. The molecule has 0 N–H and O–H groups in total. The molecule has 0 heterocycles. The molecule has 114 valence electrons. The first-order chi connectivity index (χ1) is 10.4. The molecule has 2 aromatic rings. The highest BCUT2D eigenvalue weighted by atomic mass is 16.5. The number of para-hydroxylation sites is 1. The molecule has 2 aromatic carbocycles. The van der Waals surface area contributed by atoms with Crippen LogP contribution in [-0.4, -0.2) is 11.9 Å². The molecule has 0 radical (unpaired) electrons. The van der Waals surface area contributed by atoms with Crippen molar-refractivity contribution in [3.05, 3.63) is 60.2 Å². The summed E-state index contributed by atoms with van der Waals surface area (Å²) in [6, 6.07) is 15.1. The van der Waals surface area contributed by atoms with Crippen molar-refractivity contribution in [2.75, 3.05) is 0 Å². The van der Waals surface area contributed by atoms with Gasteiger partial charge in [-0.15, -0.1) is 0 Å². The minimum absolute atomic E-state index is 0.327. The van der Waals surface area contributed by atoms with Crippen molar-refractivity contribution in [3.8, 4) is 11.5 Å². The fourth-order valence-electron chi connectivity index (χ4n) is 1.57. The molecule has 0 aliphatic heterocycles. The number of carbonyl (C=O) groups excluding carboxylic acids is 2. The van der Waals surface area contributed by atoms with Gasteiger partial charge in [0.1, 0.15) is 11.5 Å². The zero-order chi connectivity index (χ0) is 16.2. The van der Waals surface area contributed by atoms with Gasteiger partial charge >= 0.3 is 11.9 Å². The highest BCUT2D eigenvalue weighted by Crippen LogP contribution is 2.20. The van der Waals surface area contributed by atoms with Crippen molar-refractivity contribution in [2.24, 2.45) is 5.41 Å². The van der Waals surface area contributed by atoms with E-state index in [2.05, 4.69) is 0 Å². The maximum absolute atomic E-state index is 12.0. The van der Waals surface area contributed by atoms with Crippen molar-refractivity contribution in [3.63, 3.8) is 0 Å². The number of ether oxygens (including phenoxy) is 2. The molecule has 2 rings (SSSR count). The van der Waals surface area contributed by atoms with Crippen LogP contribution in [-0.2, 0) is 4.79 Å². The summed E-state index contributed by atoms with van der Waals surface area (Å²) in [7, 11) is 0. The summed E-state index contributed by atoms with van der Waals surface area (Å²) in [4.78, 5) is 23.8. The van der Waals surface area contributed by atoms with Crippen LogP contribution < -0.4 is 9.47 Å². The first kappa shape index (κ1) is 15.8. The molecule has 0 unspecified atom stereocenters. The Morgan fingerprint density at radius 3 is 1.86 bits per heavy atom. The molecule has 0 saturated carbocycles. The molecule has 0 spiro atoms. The molecule has 0 atom stereocenters. The van der Waals surface area contributed by atoms with E-state index in [1.54, 1.807) is 69.3 Å². The van der Waals surface area contributed by atoms with Gasteiger partial charge in [0.2, 0.25) is 0 Å². The third kappa shape index (κ3) is 4.19. The van der Waals surface area contributed by atoms with Crippen LogP contribution in [0.5, 0.6) is 11.5 Å². The lowest BCUT2D eigenvalue weighted by Gasteiger charge is -2.16. The number of carbonyl (C=O) groups is 2. The Bertz CT molecular complexity index is 652. The van der Waals surface area contributed by atoms with Crippen LogP contribution >= 0.6 is 0 Å². The Kier molecular flexibility index (Phi) is 4.61. The van der Waals surface area contributed by atoms with E-state index < -0.39 is 11.4 Å². The van der Waals surface area contributed by atoms with Crippen LogP contribution in [0.1, 0.15) is 31.1 Å². The molecule has 0 aromatic heterocycles. The molecule has 0 aliphatic rings. The molecular formula is C18H18O4. The van der Waals surface area contributed by atoms with Gasteiger partial charge in [-0.25, -0.2) is 4.79 Å². The fraction of sp³-hybridized carbons (Fsp3) is 0.222. The largest absolute Gasteiger partial charge is 0.426 e. The zero-order valence-corrected chi connectivity index (χ0v) is 12.8. The van der Waals surface area contributed by atoms with Crippen molar-refractivity contribution in [1.29, 1.82) is 0 Å². The zero-order valence-electron chi connectivity index (χ0n) is 12.8. The number of hydrogen-bond donors (Lipinski definition) is 0. The van der Waals surface area contributed by atoms with Crippen molar-refractivity contribution in [1.82, 2.24) is 0 Å². The fourth-order valence-corrected chi connectivity index (χ4v) is 1.57. The Hall–Kier alpha value is -2.62. The van der Waals surface area contributed by atoms with Gasteiger partial charge in [0.15, 0.2) is 0 Å². The molecule has 0 aliphatic carbocycles. The van der Waals surface area contributed by atoms with Gasteiger partial charge in [-0.1, -0.05) is 18.2 Å². The predicted molar refractivity (Wildman–Crippen MR) is 82.9 cm³/mol. The molecule has 4 nitrogen and oxygen atoms in total. The number of esters is 2. The number of rotatable bonds is 3. The van der Waals surface area contributed by atoms with Crippen LogP contribution in [0.25, 0.3) is 0 Å².